The number of halogens is 1. The molecule has 0 unspecified atom stereocenters. The second kappa shape index (κ2) is 10.6. The van der Waals surface area contributed by atoms with E-state index in [1.165, 1.54) is 12.3 Å². The minimum absolute atomic E-state index is 0.0412. The van der Waals surface area contributed by atoms with Crippen molar-refractivity contribution in [3.63, 3.8) is 0 Å². The number of hydrogen-bond acceptors (Lipinski definition) is 3. The van der Waals surface area contributed by atoms with Crippen molar-refractivity contribution in [2.24, 2.45) is 0 Å². The second-order valence-electron chi connectivity index (χ2n) is 7.44. The summed E-state index contributed by atoms with van der Waals surface area (Å²) < 4.78 is 12.9. The van der Waals surface area contributed by atoms with E-state index in [0.29, 0.717) is 31.4 Å². The van der Waals surface area contributed by atoms with Crippen LogP contribution in [-0.2, 0) is 11.2 Å². The van der Waals surface area contributed by atoms with Crippen LogP contribution in [0.3, 0.4) is 0 Å². The number of anilines is 1. The average Bonchev–Trinajstić information content (AvgIpc) is 2.82. The van der Waals surface area contributed by atoms with Crippen molar-refractivity contribution in [2.45, 2.75) is 39.5 Å². The van der Waals surface area contributed by atoms with Crippen molar-refractivity contribution in [1.82, 2.24) is 4.98 Å². The van der Waals surface area contributed by atoms with E-state index >= 15 is 0 Å². The second-order valence-corrected chi connectivity index (χ2v) is 7.44. The molecule has 3 aromatic rings. The summed E-state index contributed by atoms with van der Waals surface area (Å²) in [5, 5.41) is 0. The summed E-state index contributed by atoms with van der Waals surface area (Å²) in [5.74, 6) is -0.359. The number of rotatable bonds is 9. The molecule has 0 aliphatic heterocycles. The third-order valence-corrected chi connectivity index (χ3v) is 5.20. The van der Waals surface area contributed by atoms with Gasteiger partial charge in [-0.1, -0.05) is 56.3 Å². The topological polar surface area (TPSA) is 50.3 Å². The molecule has 0 fully saturated rings. The van der Waals surface area contributed by atoms with Crippen LogP contribution in [0.1, 0.15) is 49.0 Å². The Labute approximate surface area is 182 Å². The van der Waals surface area contributed by atoms with Crippen molar-refractivity contribution < 1.29 is 14.0 Å². The molecule has 0 radical (unpaired) electrons. The largest absolute Gasteiger partial charge is 0.312 e. The highest BCUT2D eigenvalue weighted by atomic mass is 19.1. The third-order valence-electron chi connectivity index (χ3n) is 5.20. The number of ketones is 1. The highest BCUT2D eigenvalue weighted by Crippen LogP contribution is 2.24. The molecular weight excluding hydrogens is 391 g/mol. The maximum atomic E-state index is 12.9. The van der Waals surface area contributed by atoms with Gasteiger partial charge in [0.1, 0.15) is 0 Å². The molecule has 0 saturated heterocycles. The number of carbonyl (C=O) groups is 2. The normalized spacial score (nSPS) is 10.7. The number of amides is 1. The molecule has 0 aliphatic rings. The summed E-state index contributed by atoms with van der Waals surface area (Å²) in [4.78, 5) is 30.1. The summed E-state index contributed by atoms with van der Waals surface area (Å²) >= 11 is 0. The highest BCUT2D eigenvalue weighted by Gasteiger charge is 2.13. The van der Waals surface area contributed by atoms with E-state index in [0.717, 1.165) is 28.8 Å². The molecule has 0 spiro atoms. The average molecular weight is 419 g/mol. The monoisotopic (exact) mass is 418 g/mol. The van der Waals surface area contributed by atoms with Gasteiger partial charge in [-0.25, -0.2) is 4.98 Å². The molecule has 0 saturated carbocycles. The van der Waals surface area contributed by atoms with Crippen molar-refractivity contribution in [2.75, 3.05) is 11.4 Å². The lowest BCUT2D eigenvalue weighted by Crippen LogP contribution is -2.30. The van der Waals surface area contributed by atoms with E-state index in [1.54, 1.807) is 6.07 Å². The van der Waals surface area contributed by atoms with Crippen molar-refractivity contribution in [1.29, 1.82) is 0 Å². The highest BCUT2D eigenvalue weighted by molar-refractivity contribution is 5.96. The van der Waals surface area contributed by atoms with Gasteiger partial charge in [-0.05, 0) is 47.7 Å². The lowest BCUT2D eigenvalue weighted by Gasteiger charge is -2.22. The SMILES string of the molecule is CCCN(C(=O)CC)c1ccc(-c2ccc(C(=O)CCc3ccc(F)nc3)cc2)cc1. The molecule has 31 heavy (non-hydrogen) atoms. The van der Waals surface area contributed by atoms with Gasteiger partial charge < -0.3 is 4.90 Å². The molecular formula is C26H27FN2O2. The van der Waals surface area contributed by atoms with E-state index < -0.39 is 5.95 Å². The molecule has 2 aromatic carbocycles. The summed E-state index contributed by atoms with van der Waals surface area (Å²) in [6.07, 6.45) is 3.72. The predicted octanol–water partition coefficient (Wildman–Crippen LogP) is 5.86. The molecule has 0 atom stereocenters. The maximum absolute atomic E-state index is 12.9. The van der Waals surface area contributed by atoms with Crippen LogP contribution in [0.4, 0.5) is 10.1 Å². The molecule has 4 nitrogen and oxygen atoms in total. The Morgan fingerprint density at radius 2 is 1.55 bits per heavy atom. The molecule has 5 heteroatoms. The Bertz CT molecular complexity index is 1010. The van der Waals surface area contributed by atoms with Crippen LogP contribution >= 0.6 is 0 Å². The first-order valence-electron chi connectivity index (χ1n) is 10.7. The number of benzene rings is 2. The summed E-state index contributed by atoms with van der Waals surface area (Å²) in [5.41, 5.74) is 4.43. The number of Topliss-reactive ketones (excluding diaryl/α,β-unsaturated/α-hetero) is 1. The van der Waals surface area contributed by atoms with Gasteiger partial charge in [-0.3, -0.25) is 9.59 Å². The lowest BCUT2D eigenvalue weighted by atomic mass is 9.99. The van der Waals surface area contributed by atoms with Gasteiger partial charge in [0.15, 0.2) is 5.78 Å². The van der Waals surface area contributed by atoms with Crippen LogP contribution in [0.5, 0.6) is 0 Å². The molecule has 0 aliphatic carbocycles. The van der Waals surface area contributed by atoms with Gasteiger partial charge in [0.05, 0.1) is 0 Å². The van der Waals surface area contributed by atoms with E-state index in [1.807, 2.05) is 60.4 Å². The Morgan fingerprint density at radius 1 is 0.903 bits per heavy atom. The Morgan fingerprint density at radius 3 is 2.10 bits per heavy atom. The van der Waals surface area contributed by atoms with Crippen molar-refractivity contribution >= 4 is 17.4 Å². The molecule has 3 rings (SSSR count). The first-order valence-corrected chi connectivity index (χ1v) is 10.7. The van der Waals surface area contributed by atoms with E-state index in [2.05, 4.69) is 11.9 Å². The van der Waals surface area contributed by atoms with Crippen LogP contribution < -0.4 is 4.90 Å². The van der Waals surface area contributed by atoms with Gasteiger partial charge in [-0.2, -0.15) is 4.39 Å². The third kappa shape index (κ3) is 5.85. The zero-order valence-corrected chi connectivity index (χ0v) is 18.0. The molecule has 1 heterocycles. The van der Waals surface area contributed by atoms with Crippen molar-refractivity contribution in [3.8, 4) is 11.1 Å². The first kappa shape index (κ1) is 22.3. The van der Waals surface area contributed by atoms with Gasteiger partial charge in [-0.15, -0.1) is 0 Å². The van der Waals surface area contributed by atoms with Crippen LogP contribution in [0.2, 0.25) is 0 Å². The minimum atomic E-state index is -0.520. The zero-order valence-electron chi connectivity index (χ0n) is 18.0. The number of nitrogens with zero attached hydrogens (tertiary/aromatic N) is 2. The lowest BCUT2D eigenvalue weighted by molar-refractivity contribution is -0.118. The van der Waals surface area contributed by atoms with Gasteiger partial charge >= 0.3 is 0 Å². The Kier molecular flexibility index (Phi) is 7.65. The molecule has 0 N–H and O–H groups in total. The van der Waals surface area contributed by atoms with Gasteiger partial charge in [0.2, 0.25) is 11.9 Å². The van der Waals surface area contributed by atoms with Gasteiger partial charge in [0, 0.05) is 36.8 Å². The van der Waals surface area contributed by atoms with Crippen molar-refractivity contribution in [3.05, 3.63) is 83.9 Å². The summed E-state index contributed by atoms with van der Waals surface area (Å²) in [7, 11) is 0. The number of hydrogen-bond donors (Lipinski definition) is 0. The van der Waals surface area contributed by atoms with E-state index in [9.17, 15) is 14.0 Å². The zero-order chi connectivity index (χ0) is 22.2. The van der Waals surface area contributed by atoms with Gasteiger partial charge in [0.25, 0.3) is 0 Å². The molecule has 0 bridgehead atoms. The van der Waals surface area contributed by atoms with Crippen LogP contribution in [0.15, 0.2) is 66.9 Å². The maximum Gasteiger partial charge on any atom is 0.226 e. The number of pyridine rings is 1. The fourth-order valence-electron chi connectivity index (χ4n) is 3.45. The summed E-state index contributed by atoms with van der Waals surface area (Å²) in [6, 6.07) is 18.4. The Balaban J connectivity index is 1.65. The smallest absolute Gasteiger partial charge is 0.226 e. The number of aryl methyl sites for hydroxylation is 1. The quantitative estimate of drug-likeness (QED) is 0.323. The molecule has 160 valence electrons. The summed E-state index contributed by atoms with van der Waals surface area (Å²) in [6.45, 7) is 4.64. The first-order chi connectivity index (χ1) is 15.0. The van der Waals surface area contributed by atoms with E-state index in [4.69, 9.17) is 0 Å². The minimum Gasteiger partial charge on any atom is -0.312 e. The van der Waals surface area contributed by atoms with Crippen LogP contribution in [-0.4, -0.2) is 23.2 Å². The van der Waals surface area contributed by atoms with Crippen LogP contribution in [0, 0.1) is 5.95 Å². The standard InChI is InChI=1S/C26H27FN2O2/c1-3-17-29(26(31)4-2)23-13-11-21(12-14-23)20-7-9-22(10-8-20)24(30)15-5-19-6-16-25(27)28-18-19/h6-14,16,18H,3-5,15,17H2,1-2H3. The fraction of sp³-hybridized carbons (Fsp3) is 0.269. The molecule has 1 aromatic heterocycles. The number of carbonyl (C=O) groups excluding carboxylic acids is 2. The fourth-order valence-corrected chi connectivity index (χ4v) is 3.45. The predicted molar refractivity (Wildman–Crippen MR) is 122 cm³/mol. The number of aromatic nitrogens is 1. The van der Waals surface area contributed by atoms with Crippen LogP contribution in [0.25, 0.3) is 11.1 Å². The molecule has 1 amide bonds. The Hall–Kier alpha value is -3.34. The van der Waals surface area contributed by atoms with E-state index in [-0.39, 0.29) is 11.7 Å².